The Kier molecular flexibility index (Phi) is 4.50. The second-order valence-corrected chi connectivity index (χ2v) is 4.41. The van der Waals surface area contributed by atoms with Crippen LogP contribution >= 0.6 is 0 Å². The van der Waals surface area contributed by atoms with E-state index in [0.29, 0.717) is 25.3 Å². The first kappa shape index (κ1) is 13.5. The molecule has 1 saturated heterocycles. The Hall–Kier alpha value is -1.90. The Balaban J connectivity index is 2.13. The van der Waals surface area contributed by atoms with Gasteiger partial charge in [0.2, 0.25) is 0 Å². The standard InChI is InChI=1S/C14H16N2O3/c1-18-14-3-2-11(10-17)6-12(14)8-16-4-5-19-13(7-15)9-16/h2-3,6,10,13H,4-5,8-9H2,1H3. The second kappa shape index (κ2) is 6.32. The predicted molar refractivity (Wildman–Crippen MR) is 69.0 cm³/mol. The van der Waals surface area contributed by atoms with Crippen molar-refractivity contribution in [2.45, 2.75) is 12.6 Å². The van der Waals surface area contributed by atoms with Crippen LogP contribution in [0.25, 0.3) is 0 Å². The molecule has 0 aromatic heterocycles. The average molecular weight is 260 g/mol. The number of hydrogen-bond acceptors (Lipinski definition) is 5. The van der Waals surface area contributed by atoms with Crippen molar-refractivity contribution < 1.29 is 14.3 Å². The van der Waals surface area contributed by atoms with E-state index in [9.17, 15) is 4.79 Å². The summed E-state index contributed by atoms with van der Waals surface area (Å²) in [6.07, 6.45) is 0.439. The van der Waals surface area contributed by atoms with Crippen LogP contribution in [0.2, 0.25) is 0 Å². The molecule has 0 amide bonds. The summed E-state index contributed by atoms with van der Waals surface area (Å²) < 4.78 is 10.6. The molecule has 1 atom stereocenters. The van der Waals surface area contributed by atoms with E-state index in [0.717, 1.165) is 24.1 Å². The lowest BCUT2D eigenvalue weighted by Gasteiger charge is -2.30. The quantitative estimate of drug-likeness (QED) is 0.762. The fourth-order valence-corrected chi connectivity index (χ4v) is 2.16. The van der Waals surface area contributed by atoms with E-state index < -0.39 is 0 Å². The van der Waals surface area contributed by atoms with Crippen LogP contribution in [0.3, 0.4) is 0 Å². The fraction of sp³-hybridized carbons (Fsp3) is 0.429. The minimum atomic E-state index is -0.381. The Labute approximate surface area is 112 Å². The van der Waals surface area contributed by atoms with Gasteiger partial charge in [0.15, 0.2) is 6.10 Å². The third-order valence-corrected chi connectivity index (χ3v) is 3.13. The SMILES string of the molecule is COc1ccc(C=O)cc1CN1CCOC(C#N)C1. The number of hydrogen-bond donors (Lipinski definition) is 0. The molecule has 5 nitrogen and oxygen atoms in total. The molecule has 0 saturated carbocycles. The average Bonchev–Trinajstić information content (AvgIpc) is 2.47. The molecular formula is C14H16N2O3. The monoisotopic (exact) mass is 260 g/mol. The maximum atomic E-state index is 10.8. The lowest BCUT2D eigenvalue weighted by Crippen LogP contribution is -2.41. The van der Waals surface area contributed by atoms with E-state index in [4.69, 9.17) is 14.7 Å². The molecule has 2 rings (SSSR count). The molecule has 0 spiro atoms. The van der Waals surface area contributed by atoms with Crippen LogP contribution < -0.4 is 4.74 Å². The lowest BCUT2D eigenvalue weighted by molar-refractivity contribution is -0.00291. The number of nitrogens with zero attached hydrogens (tertiary/aromatic N) is 2. The zero-order chi connectivity index (χ0) is 13.7. The van der Waals surface area contributed by atoms with E-state index in [1.165, 1.54) is 0 Å². The van der Waals surface area contributed by atoms with Gasteiger partial charge in [0.1, 0.15) is 12.0 Å². The fourth-order valence-electron chi connectivity index (χ4n) is 2.16. The molecule has 100 valence electrons. The van der Waals surface area contributed by atoms with Crippen molar-refractivity contribution in [2.24, 2.45) is 0 Å². The molecule has 0 radical (unpaired) electrons. The van der Waals surface area contributed by atoms with Crippen LogP contribution in [0, 0.1) is 11.3 Å². The summed E-state index contributed by atoms with van der Waals surface area (Å²) in [5, 5.41) is 8.89. The van der Waals surface area contributed by atoms with E-state index in [1.807, 2.05) is 6.07 Å². The number of carbonyl (C=O) groups is 1. The van der Waals surface area contributed by atoms with Crippen LogP contribution in [0.5, 0.6) is 5.75 Å². The van der Waals surface area contributed by atoms with E-state index in [1.54, 1.807) is 19.2 Å². The third-order valence-electron chi connectivity index (χ3n) is 3.13. The van der Waals surface area contributed by atoms with Crippen molar-refractivity contribution in [3.8, 4) is 11.8 Å². The highest BCUT2D eigenvalue weighted by molar-refractivity contribution is 5.75. The number of ether oxygens (including phenoxy) is 2. The van der Waals surface area contributed by atoms with Crippen LogP contribution in [0.1, 0.15) is 15.9 Å². The Morgan fingerprint density at radius 2 is 2.47 bits per heavy atom. The smallest absolute Gasteiger partial charge is 0.156 e. The molecule has 0 bridgehead atoms. The molecule has 0 aliphatic carbocycles. The highest BCUT2D eigenvalue weighted by Crippen LogP contribution is 2.22. The molecule has 1 aliphatic rings. The van der Waals surface area contributed by atoms with Crippen molar-refractivity contribution in [3.63, 3.8) is 0 Å². The summed E-state index contributed by atoms with van der Waals surface area (Å²) in [6, 6.07) is 7.46. The first-order valence-electron chi connectivity index (χ1n) is 6.12. The zero-order valence-corrected chi connectivity index (χ0v) is 10.8. The van der Waals surface area contributed by atoms with Gasteiger partial charge in [0, 0.05) is 30.8 Å². The summed E-state index contributed by atoms with van der Waals surface area (Å²) in [6.45, 7) is 2.54. The third kappa shape index (κ3) is 3.31. The molecule has 1 unspecified atom stereocenters. The topological polar surface area (TPSA) is 62.6 Å². The van der Waals surface area contributed by atoms with E-state index >= 15 is 0 Å². The van der Waals surface area contributed by atoms with E-state index in [2.05, 4.69) is 11.0 Å². The van der Waals surface area contributed by atoms with Gasteiger partial charge >= 0.3 is 0 Å². The van der Waals surface area contributed by atoms with Crippen LogP contribution in [0.4, 0.5) is 0 Å². The first-order chi connectivity index (χ1) is 9.26. The molecular weight excluding hydrogens is 244 g/mol. The summed E-state index contributed by atoms with van der Waals surface area (Å²) in [4.78, 5) is 13.0. The van der Waals surface area contributed by atoms with Crippen molar-refractivity contribution in [3.05, 3.63) is 29.3 Å². The molecule has 1 aromatic carbocycles. The molecule has 1 aliphatic heterocycles. The number of carbonyl (C=O) groups excluding carboxylic acids is 1. The Bertz CT molecular complexity index is 496. The number of morpholine rings is 1. The van der Waals surface area contributed by atoms with Gasteiger partial charge in [0.05, 0.1) is 19.8 Å². The summed E-state index contributed by atoms with van der Waals surface area (Å²) >= 11 is 0. The molecule has 1 fully saturated rings. The number of aldehydes is 1. The van der Waals surface area contributed by atoms with E-state index in [-0.39, 0.29) is 6.10 Å². The van der Waals surface area contributed by atoms with Crippen molar-refractivity contribution in [1.29, 1.82) is 5.26 Å². The highest BCUT2D eigenvalue weighted by Gasteiger charge is 2.20. The van der Waals surface area contributed by atoms with Gasteiger partial charge in [-0.1, -0.05) is 0 Å². The second-order valence-electron chi connectivity index (χ2n) is 4.41. The zero-order valence-electron chi connectivity index (χ0n) is 10.8. The number of nitriles is 1. The number of rotatable bonds is 4. The number of methoxy groups -OCH3 is 1. The molecule has 0 N–H and O–H groups in total. The summed E-state index contributed by atoms with van der Waals surface area (Å²) in [5.74, 6) is 0.755. The lowest BCUT2D eigenvalue weighted by atomic mass is 10.1. The number of benzene rings is 1. The van der Waals surface area contributed by atoms with Crippen molar-refractivity contribution in [2.75, 3.05) is 26.8 Å². The minimum Gasteiger partial charge on any atom is -0.496 e. The highest BCUT2D eigenvalue weighted by atomic mass is 16.5. The normalized spacial score (nSPS) is 19.7. The Morgan fingerprint density at radius 1 is 1.63 bits per heavy atom. The first-order valence-corrected chi connectivity index (χ1v) is 6.12. The van der Waals surface area contributed by atoms with Gasteiger partial charge in [0.25, 0.3) is 0 Å². The molecule has 5 heteroatoms. The predicted octanol–water partition coefficient (Wildman–Crippen LogP) is 1.23. The van der Waals surface area contributed by atoms with Crippen molar-refractivity contribution >= 4 is 6.29 Å². The molecule has 1 heterocycles. The summed E-state index contributed by atoms with van der Waals surface area (Å²) in [7, 11) is 1.61. The van der Waals surface area contributed by atoms with Gasteiger partial charge in [-0.25, -0.2) is 0 Å². The Morgan fingerprint density at radius 3 is 3.16 bits per heavy atom. The molecule has 1 aromatic rings. The molecule has 19 heavy (non-hydrogen) atoms. The maximum Gasteiger partial charge on any atom is 0.156 e. The minimum absolute atomic E-state index is 0.381. The van der Waals surface area contributed by atoms with Crippen molar-refractivity contribution in [1.82, 2.24) is 4.90 Å². The van der Waals surface area contributed by atoms with Gasteiger partial charge < -0.3 is 9.47 Å². The van der Waals surface area contributed by atoms with Crippen LogP contribution in [-0.2, 0) is 11.3 Å². The van der Waals surface area contributed by atoms with Crippen LogP contribution in [0.15, 0.2) is 18.2 Å². The largest absolute Gasteiger partial charge is 0.496 e. The van der Waals surface area contributed by atoms with Gasteiger partial charge in [-0.15, -0.1) is 0 Å². The van der Waals surface area contributed by atoms with Gasteiger partial charge in [-0.05, 0) is 18.2 Å². The maximum absolute atomic E-state index is 10.8. The summed E-state index contributed by atoms with van der Waals surface area (Å²) in [5.41, 5.74) is 1.58. The van der Waals surface area contributed by atoms with Gasteiger partial charge in [-0.2, -0.15) is 5.26 Å². The van der Waals surface area contributed by atoms with Gasteiger partial charge in [-0.3, -0.25) is 9.69 Å². The van der Waals surface area contributed by atoms with Crippen LogP contribution in [-0.4, -0.2) is 44.1 Å².